The second kappa shape index (κ2) is 12.3. The van der Waals surface area contributed by atoms with Gasteiger partial charge in [0.1, 0.15) is 0 Å². The van der Waals surface area contributed by atoms with Gasteiger partial charge < -0.3 is 15.4 Å². The Labute approximate surface area is 225 Å². The lowest BCUT2D eigenvalue weighted by molar-refractivity contribution is -0.143. The van der Waals surface area contributed by atoms with Gasteiger partial charge in [0.25, 0.3) is 0 Å². The third-order valence-corrected chi connectivity index (χ3v) is 7.17. The maximum absolute atomic E-state index is 13.1. The summed E-state index contributed by atoms with van der Waals surface area (Å²) in [5.74, 6) is -0.797. The average Bonchev–Trinajstić information content (AvgIpc) is 2.83. The summed E-state index contributed by atoms with van der Waals surface area (Å²) in [7, 11) is 0. The van der Waals surface area contributed by atoms with E-state index in [4.69, 9.17) is 4.74 Å². The third kappa shape index (κ3) is 6.80. The van der Waals surface area contributed by atoms with Gasteiger partial charge in [-0.25, -0.2) is 4.79 Å². The summed E-state index contributed by atoms with van der Waals surface area (Å²) in [6, 6.07) is 17.6. The molecule has 8 heteroatoms. The molecule has 0 saturated carbocycles. The number of hydrogen-bond acceptors (Lipinski definition) is 6. The first-order chi connectivity index (χ1) is 17.1. The smallest absolute Gasteiger partial charge is 0.337 e. The van der Waals surface area contributed by atoms with Crippen molar-refractivity contribution in [3.05, 3.63) is 86.0 Å². The van der Waals surface area contributed by atoms with Crippen LogP contribution in [-0.4, -0.2) is 23.7 Å². The number of esters is 1. The van der Waals surface area contributed by atoms with E-state index in [1.807, 2.05) is 48.5 Å². The number of amides is 1. The minimum atomic E-state index is -0.597. The van der Waals surface area contributed by atoms with Gasteiger partial charge in [0, 0.05) is 15.9 Å². The number of nitrogens with one attached hydrogen (secondary N) is 2. The standard InChI is InChI=1S/C28H30BrN3O3S/c1-16(2)19-6-8-20(9-7-19)26-23(14-30)27(31-18(5)25(26)28(34)35-17(3)4)36-15-24(33)32-22-12-10-21(29)11-13-22/h6-13,16-17,26,31H,15H2,1-5H3,(H,32,33)/t26-/m1/s1. The van der Waals surface area contributed by atoms with E-state index in [-0.39, 0.29) is 17.8 Å². The zero-order valence-electron chi connectivity index (χ0n) is 21.0. The van der Waals surface area contributed by atoms with Crippen LogP contribution in [0.1, 0.15) is 57.6 Å². The normalized spacial score (nSPS) is 15.6. The van der Waals surface area contributed by atoms with Crippen molar-refractivity contribution < 1.29 is 14.3 Å². The molecule has 0 aliphatic carbocycles. The fourth-order valence-electron chi connectivity index (χ4n) is 3.85. The monoisotopic (exact) mass is 567 g/mol. The summed E-state index contributed by atoms with van der Waals surface area (Å²) in [6.07, 6.45) is -0.297. The number of halogens is 1. The van der Waals surface area contributed by atoms with Crippen LogP contribution in [-0.2, 0) is 14.3 Å². The molecule has 6 nitrogen and oxygen atoms in total. The number of allylic oxidation sites excluding steroid dienone is 2. The van der Waals surface area contributed by atoms with Gasteiger partial charge in [-0.3, -0.25) is 4.79 Å². The molecule has 188 valence electrons. The predicted octanol–water partition coefficient (Wildman–Crippen LogP) is 6.59. The Morgan fingerprint density at radius 1 is 1.11 bits per heavy atom. The van der Waals surface area contributed by atoms with Crippen molar-refractivity contribution in [1.82, 2.24) is 5.32 Å². The molecule has 1 aliphatic heterocycles. The Morgan fingerprint density at radius 2 is 1.75 bits per heavy atom. The molecule has 3 rings (SSSR count). The Bertz CT molecular complexity index is 1230. The SMILES string of the molecule is CC1=C(C(=O)OC(C)C)[C@H](c2ccc(C(C)C)cc2)C(C#N)=C(SCC(=O)Nc2ccc(Br)cc2)N1. The largest absolute Gasteiger partial charge is 0.460 e. The van der Waals surface area contributed by atoms with Gasteiger partial charge in [0.05, 0.1) is 40.0 Å². The predicted molar refractivity (Wildman–Crippen MR) is 148 cm³/mol. The van der Waals surface area contributed by atoms with E-state index in [2.05, 4.69) is 46.5 Å². The minimum Gasteiger partial charge on any atom is -0.460 e. The molecule has 1 aliphatic rings. The van der Waals surface area contributed by atoms with Crippen LogP contribution in [0.4, 0.5) is 5.69 Å². The van der Waals surface area contributed by atoms with E-state index in [1.165, 1.54) is 17.3 Å². The van der Waals surface area contributed by atoms with Crippen LogP contribution < -0.4 is 10.6 Å². The second-order valence-electron chi connectivity index (χ2n) is 9.07. The molecule has 0 bridgehead atoms. The summed E-state index contributed by atoms with van der Waals surface area (Å²) >= 11 is 4.62. The van der Waals surface area contributed by atoms with Crippen LogP contribution >= 0.6 is 27.7 Å². The molecule has 2 aromatic rings. The number of carbonyl (C=O) groups is 2. The van der Waals surface area contributed by atoms with Crippen molar-refractivity contribution in [1.29, 1.82) is 5.26 Å². The highest BCUT2D eigenvalue weighted by atomic mass is 79.9. The Hall–Kier alpha value is -3.02. The molecular formula is C28H30BrN3O3S. The zero-order valence-corrected chi connectivity index (χ0v) is 23.4. The lowest BCUT2D eigenvalue weighted by Gasteiger charge is -2.30. The topological polar surface area (TPSA) is 91.2 Å². The molecule has 36 heavy (non-hydrogen) atoms. The zero-order chi connectivity index (χ0) is 26.4. The van der Waals surface area contributed by atoms with Gasteiger partial charge in [0.15, 0.2) is 0 Å². The van der Waals surface area contributed by atoms with Gasteiger partial charge in [-0.15, -0.1) is 0 Å². The lowest BCUT2D eigenvalue weighted by atomic mass is 9.82. The molecule has 1 atom stereocenters. The molecule has 1 heterocycles. The van der Waals surface area contributed by atoms with Crippen molar-refractivity contribution in [2.45, 2.75) is 52.6 Å². The van der Waals surface area contributed by atoms with Crippen LogP contribution in [0, 0.1) is 11.3 Å². The van der Waals surface area contributed by atoms with E-state index in [0.717, 1.165) is 10.0 Å². The summed E-state index contributed by atoms with van der Waals surface area (Å²) in [5, 5.41) is 16.8. The van der Waals surface area contributed by atoms with Gasteiger partial charge >= 0.3 is 5.97 Å². The first kappa shape index (κ1) is 27.6. The molecule has 0 unspecified atom stereocenters. The van der Waals surface area contributed by atoms with Gasteiger partial charge in [0.2, 0.25) is 5.91 Å². The third-order valence-electron chi connectivity index (χ3n) is 5.62. The molecule has 0 aromatic heterocycles. The van der Waals surface area contributed by atoms with Crippen LogP contribution in [0.25, 0.3) is 0 Å². The second-order valence-corrected chi connectivity index (χ2v) is 11.0. The Morgan fingerprint density at radius 3 is 2.31 bits per heavy atom. The number of anilines is 1. The molecule has 2 aromatic carbocycles. The minimum absolute atomic E-state index is 0.0988. The molecule has 0 saturated heterocycles. The molecular weight excluding hydrogens is 538 g/mol. The van der Waals surface area contributed by atoms with E-state index < -0.39 is 11.9 Å². The van der Waals surface area contributed by atoms with Crippen LogP contribution in [0.3, 0.4) is 0 Å². The van der Waals surface area contributed by atoms with E-state index >= 15 is 0 Å². The molecule has 0 spiro atoms. The number of benzene rings is 2. The molecule has 1 amide bonds. The van der Waals surface area contributed by atoms with Crippen LogP contribution in [0.15, 0.2) is 74.9 Å². The summed E-state index contributed by atoms with van der Waals surface area (Å²) in [4.78, 5) is 25.7. The summed E-state index contributed by atoms with van der Waals surface area (Å²) in [6.45, 7) is 9.61. The number of rotatable bonds is 8. The fourth-order valence-corrected chi connectivity index (χ4v) is 5.01. The van der Waals surface area contributed by atoms with E-state index in [0.29, 0.717) is 33.5 Å². The number of thioether (sulfide) groups is 1. The summed E-state index contributed by atoms with van der Waals surface area (Å²) < 4.78 is 6.45. The quantitative estimate of drug-likeness (QED) is 0.349. The highest BCUT2D eigenvalue weighted by Gasteiger charge is 2.36. The maximum Gasteiger partial charge on any atom is 0.337 e. The Kier molecular flexibility index (Phi) is 9.41. The Balaban J connectivity index is 1.92. The van der Waals surface area contributed by atoms with E-state index in [1.54, 1.807) is 20.8 Å². The first-order valence-electron chi connectivity index (χ1n) is 11.7. The van der Waals surface area contributed by atoms with Crippen molar-refractivity contribution in [3.63, 3.8) is 0 Å². The number of ether oxygens (including phenoxy) is 1. The number of carbonyl (C=O) groups excluding carboxylic acids is 2. The number of hydrogen-bond donors (Lipinski definition) is 2. The molecule has 0 fully saturated rings. The fraction of sp³-hybridized carbons (Fsp3) is 0.321. The number of nitrogens with zero attached hydrogens (tertiary/aromatic N) is 1. The summed E-state index contributed by atoms with van der Waals surface area (Å²) in [5.41, 5.74) is 4.07. The van der Waals surface area contributed by atoms with Crippen molar-refractivity contribution in [2.75, 3.05) is 11.1 Å². The van der Waals surface area contributed by atoms with Gasteiger partial charge in [-0.2, -0.15) is 5.26 Å². The van der Waals surface area contributed by atoms with Crippen LogP contribution in [0.2, 0.25) is 0 Å². The highest BCUT2D eigenvalue weighted by molar-refractivity contribution is 9.10. The van der Waals surface area contributed by atoms with Crippen molar-refractivity contribution >= 4 is 45.3 Å². The van der Waals surface area contributed by atoms with Crippen molar-refractivity contribution in [2.24, 2.45) is 0 Å². The van der Waals surface area contributed by atoms with Gasteiger partial charge in [-0.05, 0) is 62.1 Å². The molecule has 2 N–H and O–H groups in total. The van der Waals surface area contributed by atoms with Crippen molar-refractivity contribution in [3.8, 4) is 6.07 Å². The number of dihydropyridines is 1. The molecule has 0 radical (unpaired) electrons. The average molecular weight is 569 g/mol. The number of nitriles is 1. The van der Waals surface area contributed by atoms with Gasteiger partial charge in [-0.1, -0.05) is 65.8 Å². The lowest BCUT2D eigenvalue weighted by Crippen LogP contribution is -2.30. The van der Waals surface area contributed by atoms with Crippen LogP contribution in [0.5, 0.6) is 0 Å². The maximum atomic E-state index is 13.1. The van der Waals surface area contributed by atoms with E-state index in [9.17, 15) is 14.9 Å². The first-order valence-corrected chi connectivity index (χ1v) is 13.5. The highest BCUT2D eigenvalue weighted by Crippen LogP contribution is 2.41.